The first-order valence-electron chi connectivity index (χ1n) is 4.42. The van der Waals surface area contributed by atoms with Crippen molar-refractivity contribution in [2.24, 2.45) is 5.84 Å². The molecule has 0 bridgehead atoms. The van der Waals surface area contributed by atoms with E-state index in [0.717, 1.165) is 24.5 Å². The fourth-order valence-electron chi connectivity index (χ4n) is 1.31. The standard InChI is InChI=1S/C9H12F2N2O2S/c1-16(14,15)5-9(13-12)7-4-6(10)2-3-8(7)11/h2-4,9,13H,5,12H2,1H3. The molecule has 1 atom stereocenters. The third-order valence-corrected chi connectivity index (χ3v) is 2.94. The van der Waals surface area contributed by atoms with E-state index >= 15 is 0 Å². The second-order valence-corrected chi connectivity index (χ2v) is 5.66. The van der Waals surface area contributed by atoms with Gasteiger partial charge in [-0.1, -0.05) is 0 Å². The minimum Gasteiger partial charge on any atom is -0.271 e. The molecule has 1 unspecified atom stereocenters. The Morgan fingerprint density at radius 3 is 2.56 bits per heavy atom. The molecule has 90 valence electrons. The topological polar surface area (TPSA) is 72.2 Å². The number of rotatable bonds is 4. The van der Waals surface area contributed by atoms with Gasteiger partial charge in [0.25, 0.3) is 0 Å². The van der Waals surface area contributed by atoms with Gasteiger partial charge in [0.1, 0.15) is 21.5 Å². The van der Waals surface area contributed by atoms with Crippen LogP contribution in [0, 0.1) is 11.6 Å². The Kier molecular flexibility index (Phi) is 3.95. The molecule has 0 aliphatic rings. The fraction of sp³-hybridized carbons (Fsp3) is 0.333. The molecule has 0 spiro atoms. The lowest BCUT2D eigenvalue weighted by atomic mass is 10.1. The zero-order valence-electron chi connectivity index (χ0n) is 8.57. The number of sulfone groups is 1. The molecule has 16 heavy (non-hydrogen) atoms. The van der Waals surface area contributed by atoms with Gasteiger partial charge in [-0.05, 0) is 18.2 Å². The van der Waals surface area contributed by atoms with Crippen molar-refractivity contribution in [3.8, 4) is 0 Å². The molecule has 7 heteroatoms. The maximum atomic E-state index is 13.3. The Morgan fingerprint density at radius 2 is 2.06 bits per heavy atom. The number of hydrogen-bond donors (Lipinski definition) is 2. The van der Waals surface area contributed by atoms with E-state index in [9.17, 15) is 17.2 Å². The first kappa shape index (κ1) is 13.0. The Hall–Kier alpha value is -1.05. The molecule has 3 N–H and O–H groups in total. The third kappa shape index (κ3) is 3.51. The van der Waals surface area contributed by atoms with Gasteiger partial charge in [-0.2, -0.15) is 0 Å². The van der Waals surface area contributed by atoms with Crippen LogP contribution in [0.1, 0.15) is 11.6 Å². The summed E-state index contributed by atoms with van der Waals surface area (Å²) in [7, 11) is -3.34. The molecule has 0 amide bonds. The van der Waals surface area contributed by atoms with E-state index in [0.29, 0.717) is 0 Å². The van der Waals surface area contributed by atoms with Crippen LogP contribution in [0.25, 0.3) is 0 Å². The SMILES string of the molecule is CS(=O)(=O)CC(NN)c1cc(F)ccc1F. The third-order valence-electron chi connectivity index (χ3n) is 2.00. The van der Waals surface area contributed by atoms with Gasteiger partial charge < -0.3 is 0 Å². The number of nitrogens with two attached hydrogens (primary N) is 1. The fourth-order valence-corrected chi connectivity index (χ4v) is 2.19. The van der Waals surface area contributed by atoms with Gasteiger partial charge in [0.2, 0.25) is 0 Å². The molecule has 0 aliphatic carbocycles. The minimum atomic E-state index is -3.34. The summed E-state index contributed by atoms with van der Waals surface area (Å²) in [6.45, 7) is 0. The highest BCUT2D eigenvalue weighted by Crippen LogP contribution is 2.19. The molecule has 1 aromatic carbocycles. The maximum absolute atomic E-state index is 13.3. The number of benzene rings is 1. The minimum absolute atomic E-state index is 0.104. The molecule has 0 aromatic heterocycles. The van der Waals surface area contributed by atoms with Crippen molar-refractivity contribution in [2.45, 2.75) is 6.04 Å². The van der Waals surface area contributed by atoms with Crippen LogP contribution in [0.5, 0.6) is 0 Å². The van der Waals surface area contributed by atoms with Crippen molar-refractivity contribution >= 4 is 9.84 Å². The van der Waals surface area contributed by atoms with Crippen LogP contribution in [-0.4, -0.2) is 20.4 Å². The summed E-state index contributed by atoms with van der Waals surface area (Å²) in [6.07, 6.45) is 0.995. The van der Waals surface area contributed by atoms with Crippen LogP contribution in [-0.2, 0) is 9.84 Å². The van der Waals surface area contributed by atoms with Crippen LogP contribution in [0.2, 0.25) is 0 Å². The van der Waals surface area contributed by atoms with Crippen molar-refractivity contribution < 1.29 is 17.2 Å². The van der Waals surface area contributed by atoms with E-state index in [1.165, 1.54) is 0 Å². The van der Waals surface area contributed by atoms with E-state index in [-0.39, 0.29) is 5.56 Å². The molecular weight excluding hydrogens is 238 g/mol. The summed E-state index contributed by atoms with van der Waals surface area (Å²) in [5.41, 5.74) is 2.05. The molecular formula is C9H12F2N2O2S. The molecule has 4 nitrogen and oxygen atoms in total. The van der Waals surface area contributed by atoms with Gasteiger partial charge in [0, 0.05) is 11.8 Å². The van der Waals surface area contributed by atoms with Crippen molar-refractivity contribution in [3.05, 3.63) is 35.4 Å². The molecule has 1 aromatic rings. The monoisotopic (exact) mass is 250 g/mol. The summed E-state index contributed by atoms with van der Waals surface area (Å²) < 4.78 is 48.3. The van der Waals surface area contributed by atoms with Crippen molar-refractivity contribution in [2.75, 3.05) is 12.0 Å². The first-order valence-corrected chi connectivity index (χ1v) is 6.48. The second kappa shape index (κ2) is 4.86. The number of hydrazine groups is 1. The van der Waals surface area contributed by atoms with Crippen LogP contribution >= 0.6 is 0 Å². The zero-order valence-corrected chi connectivity index (χ0v) is 9.39. The number of halogens is 2. The summed E-state index contributed by atoms with van der Waals surface area (Å²) in [4.78, 5) is 0. The lowest BCUT2D eigenvalue weighted by Crippen LogP contribution is -2.33. The lowest BCUT2D eigenvalue weighted by molar-refractivity contribution is 0.522. The van der Waals surface area contributed by atoms with Gasteiger partial charge in [0.05, 0.1) is 11.8 Å². The molecule has 0 fully saturated rings. The van der Waals surface area contributed by atoms with Crippen LogP contribution < -0.4 is 11.3 Å². The van der Waals surface area contributed by atoms with Crippen molar-refractivity contribution in [1.82, 2.24) is 5.43 Å². The highest BCUT2D eigenvalue weighted by molar-refractivity contribution is 7.90. The average molecular weight is 250 g/mol. The lowest BCUT2D eigenvalue weighted by Gasteiger charge is -2.15. The Morgan fingerprint density at radius 1 is 1.44 bits per heavy atom. The predicted molar refractivity (Wildman–Crippen MR) is 56.1 cm³/mol. The zero-order chi connectivity index (χ0) is 12.3. The van der Waals surface area contributed by atoms with E-state index < -0.39 is 33.3 Å². The van der Waals surface area contributed by atoms with Gasteiger partial charge in [-0.15, -0.1) is 0 Å². The van der Waals surface area contributed by atoms with Gasteiger partial charge >= 0.3 is 0 Å². The molecule has 0 saturated carbocycles. The van der Waals surface area contributed by atoms with Gasteiger partial charge in [-0.3, -0.25) is 11.3 Å². The van der Waals surface area contributed by atoms with E-state index in [2.05, 4.69) is 5.43 Å². The highest BCUT2D eigenvalue weighted by Gasteiger charge is 2.19. The maximum Gasteiger partial charge on any atom is 0.149 e. The highest BCUT2D eigenvalue weighted by atomic mass is 32.2. The molecule has 0 radical (unpaired) electrons. The molecule has 0 heterocycles. The first-order chi connectivity index (χ1) is 7.33. The van der Waals surface area contributed by atoms with E-state index in [1.54, 1.807) is 0 Å². The Labute approximate surface area is 92.3 Å². The average Bonchev–Trinajstić information content (AvgIpc) is 2.17. The van der Waals surface area contributed by atoms with Gasteiger partial charge in [0.15, 0.2) is 0 Å². The van der Waals surface area contributed by atoms with Crippen molar-refractivity contribution in [1.29, 1.82) is 0 Å². The molecule has 0 saturated heterocycles. The largest absolute Gasteiger partial charge is 0.271 e. The van der Waals surface area contributed by atoms with Crippen LogP contribution in [0.15, 0.2) is 18.2 Å². The van der Waals surface area contributed by atoms with E-state index in [4.69, 9.17) is 5.84 Å². The summed E-state index contributed by atoms with van der Waals surface area (Å²) in [6, 6.07) is 1.83. The predicted octanol–water partition coefficient (Wildman–Crippen LogP) is 0.514. The smallest absolute Gasteiger partial charge is 0.149 e. The number of hydrogen-bond acceptors (Lipinski definition) is 4. The second-order valence-electron chi connectivity index (χ2n) is 3.48. The van der Waals surface area contributed by atoms with Crippen LogP contribution in [0.3, 0.4) is 0 Å². The molecule has 0 aliphatic heterocycles. The Balaban J connectivity index is 3.08. The number of nitrogens with one attached hydrogen (secondary N) is 1. The quantitative estimate of drug-likeness (QED) is 0.603. The Bertz CT molecular complexity index is 476. The summed E-state index contributed by atoms with van der Waals surface area (Å²) in [5, 5.41) is 0. The van der Waals surface area contributed by atoms with Crippen molar-refractivity contribution in [3.63, 3.8) is 0 Å². The van der Waals surface area contributed by atoms with Gasteiger partial charge in [-0.25, -0.2) is 17.2 Å². The molecule has 1 rings (SSSR count). The summed E-state index contributed by atoms with van der Waals surface area (Å²) >= 11 is 0. The normalized spacial score (nSPS) is 13.8. The van der Waals surface area contributed by atoms with Crippen LogP contribution in [0.4, 0.5) is 8.78 Å². The van der Waals surface area contributed by atoms with E-state index in [1.807, 2.05) is 0 Å². The summed E-state index contributed by atoms with van der Waals surface area (Å²) in [5.74, 6) is 3.38.